The fourth-order valence-electron chi connectivity index (χ4n) is 1.91. The number of hydrogen-bond acceptors (Lipinski definition) is 3. The molecule has 0 atom stereocenters. The van der Waals surface area contributed by atoms with Crippen LogP contribution in [0.2, 0.25) is 5.02 Å². The molecule has 1 heterocycles. The van der Waals surface area contributed by atoms with Gasteiger partial charge in [0.1, 0.15) is 11.6 Å². The first-order chi connectivity index (χ1) is 8.40. The van der Waals surface area contributed by atoms with Gasteiger partial charge < -0.3 is 9.84 Å². The average Bonchev–Trinajstić information content (AvgIpc) is 2.33. The molecule has 1 N–H and O–H groups in total. The third-order valence-electron chi connectivity index (χ3n) is 3.11. The molecule has 0 spiro atoms. The molecule has 0 amide bonds. The minimum atomic E-state index is -2.67. The van der Waals surface area contributed by atoms with E-state index in [-0.39, 0.29) is 38.2 Å². The van der Waals surface area contributed by atoms with Crippen molar-refractivity contribution in [1.82, 2.24) is 4.98 Å². The Balaban J connectivity index is 1.93. The fourth-order valence-corrected chi connectivity index (χ4v) is 2.08. The summed E-state index contributed by atoms with van der Waals surface area (Å²) in [6, 6.07) is 3.27. The fraction of sp³-hybridized carbons (Fsp3) is 0.583. The van der Waals surface area contributed by atoms with Gasteiger partial charge in [0.15, 0.2) is 0 Å². The van der Waals surface area contributed by atoms with Crippen molar-refractivity contribution >= 4 is 11.6 Å². The molecule has 1 aliphatic carbocycles. The Morgan fingerprint density at radius 2 is 2.00 bits per heavy atom. The van der Waals surface area contributed by atoms with Crippen LogP contribution in [0.3, 0.4) is 0 Å². The van der Waals surface area contributed by atoms with E-state index >= 15 is 0 Å². The molecule has 2 rings (SSSR count). The van der Waals surface area contributed by atoms with Crippen molar-refractivity contribution in [2.24, 2.45) is 0 Å². The lowest BCUT2D eigenvalue weighted by molar-refractivity contribution is -0.116. The molecule has 18 heavy (non-hydrogen) atoms. The molecule has 0 saturated heterocycles. The van der Waals surface area contributed by atoms with Gasteiger partial charge in [-0.1, -0.05) is 11.6 Å². The zero-order valence-corrected chi connectivity index (χ0v) is 10.5. The lowest BCUT2D eigenvalue weighted by atomic mass is 9.83. The highest BCUT2D eigenvalue weighted by atomic mass is 35.5. The van der Waals surface area contributed by atoms with E-state index in [1.54, 1.807) is 12.1 Å². The van der Waals surface area contributed by atoms with E-state index < -0.39 is 11.5 Å². The normalized spacial score (nSPS) is 21.6. The molecule has 100 valence electrons. The number of hydrogen-bond donors (Lipinski definition) is 1. The zero-order chi connectivity index (χ0) is 13.2. The molecule has 1 saturated carbocycles. The Kier molecular flexibility index (Phi) is 3.73. The Labute approximate surface area is 109 Å². The molecule has 0 unspecified atom stereocenters. The first-order valence-corrected chi connectivity index (χ1v) is 6.12. The number of nitrogens with zero attached hydrogens (tertiary/aromatic N) is 1. The van der Waals surface area contributed by atoms with E-state index in [1.807, 2.05) is 0 Å². The zero-order valence-electron chi connectivity index (χ0n) is 9.70. The van der Waals surface area contributed by atoms with Crippen molar-refractivity contribution in [2.45, 2.75) is 37.2 Å². The Morgan fingerprint density at radius 1 is 1.33 bits per heavy atom. The summed E-state index contributed by atoms with van der Waals surface area (Å²) in [5, 5.41) is 10.5. The standard InChI is InChI=1S/C12H14ClF2NO2/c13-9-2-1-7-16-10(9)18-8-11(17)3-5-12(14,15)6-4-11/h1-2,7,17H,3-6,8H2. The van der Waals surface area contributed by atoms with Crippen molar-refractivity contribution in [1.29, 1.82) is 0 Å². The van der Waals surface area contributed by atoms with Gasteiger partial charge in [0.05, 0.1) is 5.60 Å². The molecule has 0 aliphatic heterocycles. The van der Waals surface area contributed by atoms with E-state index in [0.717, 1.165) is 0 Å². The highest BCUT2D eigenvalue weighted by Crippen LogP contribution is 2.38. The van der Waals surface area contributed by atoms with E-state index in [2.05, 4.69) is 4.98 Å². The highest BCUT2D eigenvalue weighted by Gasteiger charge is 2.42. The first-order valence-electron chi connectivity index (χ1n) is 5.74. The number of ether oxygens (including phenoxy) is 1. The van der Waals surface area contributed by atoms with Crippen molar-refractivity contribution < 1.29 is 18.6 Å². The summed E-state index contributed by atoms with van der Waals surface area (Å²) in [7, 11) is 0. The Hall–Kier alpha value is -0.940. The second-order valence-corrected chi connectivity index (χ2v) is 5.07. The minimum Gasteiger partial charge on any atom is -0.474 e. The lowest BCUT2D eigenvalue weighted by Crippen LogP contribution is -2.43. The second-order valence-electron chi connectivity index (χ2n) is 4.66. The van der Waals surface area contributed by atoms with Crippen molar-refractivity contribution in [3.05, 3.63) is 23.4 Å². The van der Waals surface area contributed by atoms with Crippen LogP contribution in [0, 0.1) is 0 Å². The summed E-state index contributed by atoms with van der Waals surface area (Å²) in [5.41, 5.74) is -1.22. The number of aromatic nitrogens is 1. The van der Waals surface area contributed by atoms with E-state index in [0.29, 0.717) is 5.02 Å². The molecule has 0 bridgehead atoms. The maximum Gasteiger partial charge on any atom is 0.248 e. The van der Waals surface area contributed by atoms with E-state index in [9.17, 15) is 13.9 Å². The summed E-state index contributed by atoms with van der Waals surface area (Å²) in [5.74, 6) is -2.46. The molecule has 6 heteroatoms. The van der Waals surface area contributed by atoms with Crippen LogP contribution in [-0.4, -0.2) is 28.2 Å². The summed E-state index contributed by atoms with van der Waals surface area (Å²) >= 11 is 5.84. The molecule has 0 aromatic carbocycles. The number of pyridine rings is 1. The summed E-state index contributed by atoms with van der Waals surface area (Å²) in [6.45, 7) is -0.0696. The average molecular weight is 278 g/mol. The van der Waals surface area contributed by atoms with Crippen LogP contribution < -0.4 is 4.74 Å². The van der Waals surface area contributed by atoms with Gasteiger partial charge in [-0.25, -0.2) is 13.8 Å². The predicted octanol–water partition coefficient (Wildman–Crippen LogP) is 3.05. The molecule has 3 nitrogen and oxygen atoms in total. The van der Waals surface area contributed by atoms with Gasteiger partial charge in [0.2, 0.25) is 11.8 Å². The summed E-state index contributed by atoms with van der Waals surface area (Å²) in [6.07, 6.45) is 0.917. The van der Waals surface area contributed by atoms with Gasteiger partial charge in [-0.3, -0.25) is 0 Å². The molecule has 1 aromatic heterocycles. The summed E-state index contributed by atoms with van der Waals surface area (Å²) < 4.78 is 31.3. The molecular weight excluding hydrogens is 264 g/mol. The quantitative estimate of drug-likeness (QED) is 0.923. The van der Waals surface area contributed by atoms with Gasteiger partial charge in [-0.05, 0) is 25.0 Å². The second kappa shape index (κ2) is 4.97. The first kappa shape index (κ1) is 13.5. The van der Waals surface area contributed by atoms with Crippen molar-refractivity contribution in [2.75, 3.05) is 6.61 Å². The van der Waals surface area contributed by atoms with Gasteiger partial charge in [-0.2, -0.15) is 0 Å². The minimum absolute atomic E-state index is 0.0183. The summed E-state index contributed by atoms with van der Waals surface area (Å²) in [4.78, 5) is 3.91. The topological polar surface area (TPSA) is 42.4 Å². The van der Waals surface area contributed by atoms with Crippen LogP contribution in [0.5, 0.6) is 5.88 Å². The number of rotatable bonds is 3. The van der Waals surface area contributed by atoms with Crippen LogP contribution in [0.1, 0.15) is 25.7 Å². The molecule has 1 aliphatic rings. The third kappa shape index (κ3) is 3.29. The molecule has 0 radical (unpaired) electrons. The van der Waals surface area contributed by atoms with Gasteiger partial charge in [0, 0.05) is 19.0 Å². The van der Waals surface area contributed by atoms with Gasteiger partial charge in [0.25, 0.3) is 0 Å². The maximum atomic E-state index is 13.0. The van der Waals surface area contributed by atoms with E-state index in [1.165, 1.54) is 6.20 Å². The Bertz CT molecular complexity index is 418. The van der Waals surface area contributed by atoms with Crippen LogP contribution in [0.25, 0.3) is 0 Å². The number of halogens is 3. The van der Waals surface area contributed by atoms with Crippen molar-refractivity contribution in [3.63, 3.8) is 0 Å². The lowest BCUT2D eigenvalue weighted by Gasteiger charge is -2.35. The SMILES string of the molecule is OC1(COc2ncccc2Cl)CCC(F)(F)CC1. The highest BCUT2D eigenvalue weighted by molar-refractivity contribution is 6.31. The molecule has 1 aromatic rings. The van der Waals surface area contributed by atoms with Crippen molar-refractivity contribution in [3.8, 4) is 5.88 Å². The van der Waals surface area contributed by atoms with Gasteiger partial charge in [-0.15, -0.1) is 0 Å². The van der Waals surface area contributed by atoms with E-state index in [4.69, 9.17) is 16.3 Å². The largest absolute Gasteiger partial charge is 0.474 e. The molecule has 1 fully saturated rings. The number of alkyl halides is 2. The number of aliphatic hydroxyl groups is 1. The monoisotopic (exact) mass is 277 g/mol. The third-order valence-corrected chi connectivity index (χ3v) is 3.40. The smallest absolute Gasteiger partial charge is 0.248 e. The predicted molar refractivity (Wildman–Crippen MR) is 63.1 cm³/mol. The maximum absolute atomic E-state index is 13.0. The van der Waals surface area contributed by atoms with Gasteiger partial charge >= 0.3 is 0 Å². The van der Waals surface area contributed by atoms with Crippen LogP contribution in [0.4, 0.5) is 8.78 Å². The van der Waals surface area contributed by atoms with Crippen LogP contribution in [0.15, 0.2) is 18.3 Å². The van der Waals surface area contributed by atoms with Crippen LogP contribution >= 0.6 is 11.6 Å². The Morgan fingerprint density at radius 3 is 2.61 bits per heavy atom. The van der Waals surface area contributed by atoms with Crippen LogP contribution in [-0.2, 0) is 0 Å². The molecular formula is C12H14ClF2NO2.